The number of carbonyl (C=O) groups is 4. The SMILES string of the molecule is CCC(=O)OC(C)(C)C.CCOC(=O)c1cn2c3c(c(F)c(F)cc3c1=O)Oc1cc(O)ccc1-2.CCOC(=O)c1cn2c3c(c(F)c(F)cc3c1=O)Oc1cc(OCC(=O)O)ccc1-2. The lowest BCUT2D eigenvalue weighted by atomic mass is 10.1. The van der Waals surface area contributed by atoms with Crippen molar-refractivity contribution in [1.29, 1.82) is 0 Å². The van der Waals surface area contributed by atoms with Crippen molar-refractivity contribution in [3.05, 3.63) is 116 Å². The van der Waals surface area contributed by atoms with Gasteiger partial charge in [0, 0.05) is 30.9 Å². The van der Waals surface area contributed by atoms with Crippen LogP contribution in [0.25, 0.3) is 33.2 Å². The first-order chi connectivity index (χ1) is 30.7. The molecule has 2 aliphatic rings. The highest BCUT2D eigenvalue weighted by molar-refractivity contribution is 5.98. The van der Waals surface area contributed by atoms with Crippen LogP contribution in [0.4, 0.5) is 17.6 Å². The summed E-state index contributed by atoms with van der Waals surface area (Å²) in [5.74, 6) is -9.35. The normalized spacial score (nSPS) is 11.6. The van der Waals surface area contributed by atoms with Gasteiger partial charge in [0.2, 0.25) is 22.5 Å². The maximum absolute atomic E-state index is 14.5. The summed E-state index contributed by atoms with van der Waals surface area (Å²) in [5.41, 5.74) is -2.05. The van der Waals surface area contributed by atoms with Crippen LogP contribution < -0.4 is 25.1 Å². The van der Waals surface area contributed by atoms with Crippen molar-refractivity contribution in [3.63, 3.8) is 0 Å². The molecule has 4 heterocycles. The lowest BCUT2D eigenvalue weighted by Gasteiger charge is -2.24. The van der Waals surface area contributed by atoms with Crippen LogP contribution in [0.3, 0.4) is 0 Å². The summed E-state index contributed by atoms with van der Waals surface area (Å²) in [6.07, 6.45) is 2.82. The fourth-order valence-electron chi connectivity index (χ4n) is 6.51. The number of carboxylic acids is 1. The third-order valence-electron chi connectivity index (χ3n) is 9.16. The Labute approximate surface area is 364 Å². The van der Waals surface area contributed by atoms with Crippen LogP contribution in [-0.2, 0) is 23.8 Å². The number of aromatic hydroxyl groups is 1. The van der Waals surface area contributed by atoms with E-state index >= 15 is 0 Å². The number of hydrogen-bond donors (Lipinski definition) is 2. The quantitative estimate of drug-likeness (QED) is 0.0841. The number of aliphatic carboxylic acids is 1. The lowest BCUT2D eigenvalue weighted by Crippen LogP contribution is -2.23. The van der Waals surface area contributed by atoms with Crippen molar-refractivity contribution >= 4 is 45.7 Å². The number of phenols is 1. The van der Waals surface area contributed by atoms with Gasteiger partial charge in [0.05, 0.1) is 35.4 Å². The van der Waals surface area contributed by atoms with Gasteiger partial charge in [-0.05, 0) is 71.0 Å². The van der Waals surface area contributed by atoms with Crippen molar-refractivity contribution in [2.75, 3.05) is 19.8 Å². The van der Waals surface area contributed by atoms with Gasteiger partial charge in [-0.1, -0.05) is 6.92 Å². The molecule has 0 saturated carbocycles. The Morgan fingerprint density at radius 1 is 0.692 bits per heavy atom. The molecule has 0 radical (unpaired) electrons. The molecular formula is C45H38F4N2O14. The van der Waals surface area contributed by atoms with Gasteiger partial charge in [-0.15, -0.1) is 0 Å². The highest BCUT2D eigenvalue weighted by Crippen LogP contribution is 2.45. The topological polar surface area (TPSA) is 208 Å². The Morgan fingerprint density at radius 2 is 1.15 bits per heavy atom. The predicted molar refractivity (Wildman–Crippen MR) is 222 cm³/mol. The van der Waals surface area contributed by atoms with Gasteiger partial charge in [-0.3, -0.25) is 14.4 Å². The molecular weight excluding hydrogens is 868 g/mol. The van der Waals surface area contributed by atoms with Gasteiger partial charge >= 0.3 is 23.9 Å². The molecule has 0 aliphatic carbocycles. The molecule has 20 heteroatoms. The summed E-state index contributed by atoms with van der Waals surface area (Å²) in [5, 5.41) is 17.9. The van der Waals surface area contributed by atoms with E-state index in [1.165, 1.54) is 57.9 Å². The molecule has 340 valence electrons. The lowest BCUT2D eigenvalue weighted by molar-refractivity contribution is -0.154. The largest absolute Gasteiger partial charge is 0.508 e. The molecule has 0 bridgehead atoms. The molecule has 2 aliphatic heterocycles. The first-order valence-corrected chi connectivity index (χ1v) is 19.6. The Hall–Kier alpha value is -7.90. The van der Waals surface area contributed by atoms with Crippen LogP contribution in [0.5, 0.6) is 34.5 Å². The van der Waals surface area contributed by atoms with Crippen molar-refractivity contribution in [2.45, 2.75) is 53.6 Å². The van der Waals surface area contributed by atoms with Gasteiger partial charge < -0.3 is 47.8 Å². The van der Waals surface area contributed by atoms with Crippen molar-refractivity contribution in [3.8, 4) is 45.9 Å². The summed E-state index contributed by atoms with van der Waals surface area (Å²) in [7, 11) is 0. The summed E-state index contributed by atoms with van der Waals surface area (Å²) in [6, 6.07) is 9.67. The minimum atomic E-state index is -1.33. The molecule has 0 amide bonds. The number of carboxylic acid groups (broad SMARTS) is 1. The van der Waals surface area contributed by atoms with E-state index in [4.69, 9.17) is 33.5 Å². The summed E-state index contributed by atoms with van der Waals surface area (Å²) < 4.78 is 90.3. The Morgan fingerprint density at radius 3 is 1.57 bits per heavy atom. The maximum Gasteiger partial charge on any atom is 0.343 e. The fourth-order valence-corrected chi connectivity index (χ4v) is 6.51. The second-order valence-corrected chi connectivity index (χ2v) is 14.8. The van der Waals surface area contributed by atoms with E-state index in [0.717, 1.165) is 6.07 Å². The minimum absolute atomic E-state index is 0.00893. The summed E-state index contributed by atoms with van der Waals surface area (Å²) in [4.78, 5) is 71.0. The van der Waals surface area contributed by atoms with Crippen LogP contribution in [0.15, 0.2) is 70.5 Å². The van der Waals surface area contributed by atoms with E-state index in [9.17, 15) is 51.4 Å². The molecule has 2 aromatic heterocycles. The van der Waals surface area contributed by atoms with Crippen LogP contribution in [0.1, 0.15) is 68.7 Å². The molecule has 0 fully saturated rings. The van der Waals surface area contributed by atoms with Crippen LogP contribution in [0.2, 0.25) is 0 Å². The summed E-state index contributed by atoms with van der Waals surface area (Å²) in [6.45, 7) is 9.97. The number of esters is 3. The van der Waals surface area contributed by atoms with Gasteiger partial charge in [0.15, 0.2) is 41.2 Å². The van der Waals surface area contributed by atoms with E-state index in [0.29, 0.717) is 23.9 Å². The molecule has 65 heavy (non-hydrogen) atoms. The average molecular weight is 907 g/mol. The molecule has 0 atom stereocenters. The number of benzene rings is 4. The minimum Gasteiger partial charge on any atom is -0.508 e. The third kappa shape index (κ3) is 9.41. The van der Waals surface area contributed by atoms with Gasteiger partial charge in [0.25, 0.3) is 0 Å². The zero-order valence-electron chi connectivity index (χ0n) is 35.3. The molecule has 2 N–H and O–H groups in total. The molecule has 6 aromatic rings. The van der Waals surface area contributed by atoms with E-state index in [1.807, 2.05) is 20.8 Å². The highest BCUT2D eigenvalue weighted by atomic mass is 19.2. The number of carbonyl (C=O) groups excluding carboxylic acids is 3. The molecule has 4 aromatic carbocycles. The first kappa shape index (κ1) is 46.6. The smallest absolute Gasteiger partial charge is 0.343 e. The number of phenolic OH excluding ortho intramolecular Hbond substituents is 1. The van der Waals surface area contributed by atoms with E-state index in [1.54, 1.807) is 20.8 Å². The van der Waals surface area contributed by atoms with Crippen molar-refractivity contribution in [1.82, 2.24) is 9.13 Å². The number of pyridine rings is 2. The number of ether oxygens (including phenoxy) is 6. The Balaban J connectivity index is 0.000000183. The third-order valence-corrected chi connectivity index (χ3v) is 9.16. The standard InChI is InChI=1S/C20H13F2NO7.C18H11F2NO5.C7H14O2/c1-2-28-20(27)11-7-23-13-4-3-9(29-8-15(24)25)5-14(13)30-19-16(22)12(21)6-10(17(19)23)18(11)26;1-2-25-18(24)10-7-21-12-4-3-8(22)5-13(12)26-17-14(20)11(19)6-9(15(17)21)16(10)23;1-5-6(8)9-7(2,3)4/h3-7H,2,8H2,1H3,(H,24,25);3-7,22H,2H2,1H3;5H2,1-4H3. The van der Waals surface area contributed by atoms with Crippen molar-refractivity contribution < 1.29 is 75.4 Å². The molecule has 0 spiro atoms. The number of aromatic nitrogens is 2. The highest BCUT2D eigenvalue weighted by Gasteiger charge is 2.31. The second kappa shape index (κ2) is 18.4. The second-order valence-electron chi connectivity index (χ2n) is 14.8. The molecule has 0 unspecified atom stereocenters. The Bertz CT molecular complexity index is 3070. The van der Waals surface area contributed by atoms with E-state index < -0.39 is 70.1 Å². The number of fused-ring (bicyclic) bond motifs is 4. The van der Waals surface area contributed by atoms with Gasteiger partial charge in [-0.25, -0.2) is 23.2 Å². The van der Waals surface area contributed by atoms with E-state index in [-0.39, 0.29) is 80.7 Å². The van der Waals surface area contributed by atoms with Crippen LogP contribution in [0, 0.1) is 23.3 Å². The molecule has 0 saturated heterocycles. The maximum atomic E-state index is 14.5. The van der Waals surface area contributed by atoms with Crippen LogP contribution in [-0.4, -0.2) is 68.6 Å². The van der Waals surface area contributed by atoms with E-state index in [2.05, 4.69) is 0 Å². The average Bonchev–Trinajstić information content (AvgIpc) is 3.24. The van der Waals surface area contributed by atoms with Crippen LogP contribution >= 0.6 is 0 Å². The predicted octanol–water partition coefficient (Wildman–Crippen LogP) is 8.01. The van der Waals surface area contributed by atoms with Gasteiger partial charge in [-0.2, -0.15) is 8.78 Å². The first-order valence-electron chi connectivity index (χ1n) is 19.6. The zero-order chi connectivity index (χ0) is 47.7. The fraction of sp³-hybridized carbons (Fsp3) is 0.244. The number of rotatable bonds is 8. The zero-order valence-corrected chi connectivity index (χ0v) is 35.3. The number of halogens is 4. The monoisotopic (exact) mass is 906 g/mol. The molecule has 8 rings (SSSR count). The van der Waals surface area contributed by atoms with Crippen molar-refractivity contribution in [2.24, 2.45) is 0 Å². The summed E-state index contributed by atoms with van der Waals surface area (Å²) >= 11 is 0. The Kier molecular flexibility index (Phi) is 13.2. The molecule has 16 nitrogen and oxygen atoms in total. The van der Waals surface area contributed by atoms with Gasteiger partial charge in [0.1, 0.15) is 39.3 Å². The number of nitrogens with zero attached hydrogens (tertiary/aromatic N) is 2. The number of hydrogen-bond acceptors (Lipinski definition) is 13.